The van der Waals surface area contributed by atoms with Gasteiger partial charge in [-0.25, -0.2) is 0 Å². The van der Waals surface area contributed by atoms with E-state index in [1.807, 2.05) is 30.3 Å². The van der Waals surface area contributed by atoms with E-state index in [0.29, 0.717) is 12.5 Å². The van der Waals surface area contributed by atoms with E-state index in [2.05, 4.69) is 41.5 Å². The van der Waals surface area contributed by atoms with Gasteiger partial charge in [0.05, 0.1) is 6.54 Å². The molecule has 0 radical (unpaired) electrons. The van der Waals surface area contributed by atoms with E-state index in [1.54, 1.807) is 0 Å². The molecule has 0 saturated carbocycles. The fourth-order valence-electron chi connectivity index (χ4n) is 3.39. The van der Waals surface area contributed by atoms with Crippen molar-refractivity contribution >= 4 is 11.6 Å². The molecule has 1 aliphatic rings. The van der Waals surface area contributed by atoms with Gasteiger partial charge in [-0.05, 0) is 43.0 Å². The van der Waals surface area contributed by atoms with E-state index in [0.717, 1.165) is 31.7 Å². The van der Waals surface area contributed by atoms with Gasteiger partial charge in [0.2, 0.25) is 0 Å². The maximum absolute atomic E-state index is 6.11. The first-order valence-corrected chi connectivity index (χ1v) is 8.45. The van der Waals surface area contributed by atoms with Crippen LogP contribution in [0.4, 0.5) is 5.69 Å². The summed E-state index contributed by atoms with van der Waals surface area (Å²) in [6, 6.07) is 18.5. The number of aryl methyl sites for hydroxylation is 1. The van der Waals surface area contributed by atoms with Crippen molar-refractivity contribution in [2.24, 2.45) is 10.7 Å². The second-order valence-corrected chi connectivity index (χ2v) is 6.40. The Morgan fingerprint density at radius 2 is 1.75 bits per heavy atom. The van der Waals surface area contributed by atoms with Crippen LogP contribution in [0.2, 0.25) is 0 Å². The highest BCUT2D eigenvalue weighted by atomic mass is 16.5. The SMILES string of the molecule is Cc1ccccc1C1(CN=C(N)Nc2ccccc2)CCOCC1. The molecule has 0 aliphatic carbocycles. The van der Waals surface area contributed by atoms with E-state index < -0.39 is 0 Å². The highest BCUT2D eigenvalue weighted by Gasteiger charge is 2.35. The number of ether oxygens (including phenoxy) is 1. The quantitative estimate of drug-likeness (QED) is 0.669. The van der Waals surface area contributed by atoms with Crippen LogP contribution in [0.1, 0.15) is 24.0 Å². The summed E-state index contributed by atoms with van der Waals surface area (Å²) in [7, 11) is 0. The van der Waals surface area contributed by atoms with Crippen molar-refractivity contribution in [2.75, 3.05) is 25.1 Å². The highest BCUT2D eigenvalue weighted by Crippen LogP contribution is 2.37. The molecule has 4 heteroatoms. The molecule has 1 aliphatic heterocycles. The van der Waals surface area contributed by atoms with Crippen LogP contribution in [0.15, 0.2) is 59.6 Å². The van der Waals surface area contributed by atoms with Crippen LogP contribution in [0.25, 0.3) is 0 Å². The predicted octanol–water partition coefficient (Wildman–Crippen LogP) is 3.47. The number of anilines is 1. The van der Waals surface area contributed by atoms with Crippen LogP contribution < -0.4 is 11.1 Å². The molecular weight excluding hydrogens is 298 g/mol. The summed E-state index contributed by atoms with van der Waals surface area (Å²) >= 11 is 0. The van der Waals surface area contributed by atoms with E-state index >= 15 is 0 Å². The Morgan fingerprint density at radius 1 is 1.08 bits per heavy atom. The van der Waals surface area contributed by atoms with Crippen LogP contribution in [-0.4, -0.2) is 25.7 Å². The number of nitrogens with one attached hydrogen (secondary N) is 1. The summed E-state index contributed by atoms with van der Waals surface area (Å²) < 4.78 is 5.59. The van der Waals surface area contributed by atoms with Gasteiger partial charge in [-0.1, -0.05) is 42.5 Å². The zero-order valence-corrected chi connectivity index (χ0v) is 14.2. The Kier molecular flexibility index (Phi) is 5.16. The number of aliphatic imine (C=N–C) groups is 1. The van der Waals surface area contributed by atoms with Crippen molar-refractivity contribution in [1.82, 2.24) is 0 Å². The maximum Gasteiger partial charge on any atom is 0.193 e. The molecule has 0 aromatic heterocycles. The van der Waals surface area contributed by atoms with Gasteiger partial charge in [-0.3, -0.25) is 4.99 Å². The fraction of sp³-hybridized carbons (Fsp3) is 0.350. The fourth-order valence-corrected chi connectivity index (χ4v) is 3.39. The number of nitrogens with zero attached hydrogens (tertiary/aromatic N) is 1. The summed E-state index contributed by atoms with van der Waals surface area (Å²) in [6.07, 6.45) is 1.94. The molecule has 2 aromatic rings. The summed E-state index contributed by atoms with van der Waals surface area (Å²) in [6.45, 7) is 4.39. The largest absolute Gasteiger partial charge is 0.381 e. The smallest absolute Gasteiger partial charge is 0.193 e. The number of guanidine groups is 1. The number of para-hydroxylation sites is 1. The van der Waals surface area contributed by atoms with Gasteiger partial charge in [-0.2, -0.15) is 0 Å². The zero-order chi connectivity index (χ0) is 16.8. The number of benzene rings is 2. The summed E-state index contributed by atoms with van der Waals surface area (Å²) in [5, 5.41) is 3.16. The molecule has 126 valence electrons. The molecule has 0 unspecified atom stereocenters. The lowest BCUT2D eigenvalue weighted by Crippen LogP contribution is -2.38. The second kappa shape index (κ2) is 7.49. The van der Waals surface area contributed by atoms with Gasteiger partial charge in [0, 0.05) is 24.3 Å². The Labute approximate surface area is 143 Å². The Morgan fingerprint density at radius 3 is 2.46 bits per heavy atom. The van der Waals surface area contributed by atoms with Crippen LogP contribution in [0, 0.1) is 6.92 Å². The minimum absolute atomic E-state index is 0.00653. The molecule has 1 saturated heterocycles. The van der Waals surface area contributed by atoms with Gasteiger partial charge >= 0.3 is 0 Å². The maximum atomic E-state index is 6.11. The molecule has 3 N–H and O–H groups in total. The van der Waals surface area contributed by atoms with Gasteiger partial charge in [-0.15, -0.1) is 0 Å². The lowest BCUT2D eigenvalue weighted by atomic mass is 9.72. The van der Waals surface area contributed by atoms with E-state index in [9.17, 15) is 0 Å². The molecule has 0 atom stereocenters. The molecule has 24 heavy (non-hydrogen) atoms. The molecule has 1 fully saturated rings. The van der Waals surface area contributed by atoms with Gasteiger partial charge < -0.3 is 15.8 Å². The monoisotopic (exact) mass is 323 g/mol. The van der Waals surface area contributed by atoms with Crippen molar-refractivity contribution in [2.45, 2.75) is 25.2 Å². The second-order valence-electron chi connectivity index (χ2n) is 6.40. The van der Waals surface area contributed by atoms with E-state index in [4.69, 9.17) is 10.5 Å². The Hall–Kier alpha value is -2.33. The van der Waals surface area contributed by atoms with E-state index in [-0.39, 0.29) is 5.41 Å². The lowest BCUT2D eigenvalue weighted by Gasteiger charge is -2.37. The Balaban J connectivity index is 1.80. The normalized spacial score (nSPS) is 17.5. The van der Waals surface area contributed by atoms with Crippen LogP contribution >= 0.6 is 0 Å². The first-order valence-electron chi connectivity index (χ1n) is 8.45. The first-order chi connectivity index (χ1) is 11.7. The minimum Gasteiger partial charge on any atom is -0.381 e. The number of rotatable bonds is 4. The van der Waals surface area contributed by atoms with Gasteiger partial charge in [0.25, 0.3) is 0 Å². The average Bonchev–Trinajstić information content (AvgIpc) is 2.62. The predicted molar refractivity (Wildman–Crippen MR) is 99.5 cm³/mol. The summed E-state index contributed by atoms with van der Waals surface area (Å²) in [5.74, 6) is 0.459. The van der Waals surface area contributed by atoms with E-state index in [1.165, 1.54) is 11.1 Å². The molecule has 3 rings (SSSR count). The van der Waals surface area contributed by atoms with Crippen LogP contribution in [0.3, 0.4) is 0 Å². The topological polar surface area (TPSA) is 59.6 Å². The average molecular weight is 323 g/mol. The molecule has 1 heterocycles. The first kappa shape index (κ1) is 16.5. The lowest BCUT2D eigenvalue weighted by molar-refractivity contribution is 0.0529. The van der Waals surface area contributed by atoms with Crippen molar-refractivity contribution in [3.8, 4) is 0 Å². The standard InChI is InChI=1S/C20H25N3O/c1-16-7-5-6-10-18(16)20(11-13-24-14-12-20)15-22-19(21)23-17-8-3-2-4-9-17/h2-10H,11-15H2,1H3,(H3,21,22,23). The highest BCUT2D eigenvalue weighted by molar-refractivity contribution is 5.92. The molecule has 0 amide bonds. The number of hydrogen-bond acceptors (Lipinski definition) is 2. The van der Waals surface area contributed by atoms with Gasteiger partial charge in [0.1, 0.15) is 0 Å². The zero-order valence-electron chi connectivity index (χ0n) is 14.2. The number of hydrogen-bond donors (Lipinski definition) is 2. The third kappa shape index (κ3) is 3.77. The molecule has 0 bridgehead atoms. The third-order valence-corrected chi connectivity index (χ3v) is 4.76. The van der Waals surface area contributed by atoms with Crippen molar-refractivity contribution in [3.05, 3.63) is 65.7 Å². The summed E-state index contributed by atoms with van der Waals surface area (Å²) in [5.41, 5.74) is 9.74. The molecule has 0 spiro atoms. The van der Waals surface area contributed by atoms with Crippen LogP contribution in [0.5, 0.6) is 0 Å². The van der Waals surface area contributed by atoms with Crippen molar-refractivity contribution in [1.29, 1.82) is 0 Å². The molecule has 4 nitrogen and oxygen atoms in total. The summed E-state index contributed by atoms with van der Waals surface area (Å²) in [4.78, 5) is 4.66. The Bertz CT molecular complexity index is 691. The van der Waals surface area contributed by atoms with Crippen molar-refractivity contribution < 1.29 is 4.74 Å². The number of nitrogens with two attached hydrogens (primary N) is 1. The van der Waals surface area contributed by atoms with Crippen molar-refractivity contribution in [3.63, 3.8) is 0 Å². The molecule has 2 aromatic carbocycles. The van der Waals surface area contributed by atoms with Crippen LogP contribution in [-0.2, 0) is 10.2 Å². The molecular formula is C20H25N3O. The van der Waals surface area contributed by atoms with Gasteiger partial charge in [0.15, 0.2) is 5.96 Å². The third-order valence-electron chi connectivity index (χ3n) is 4.76. The minimum atomic E-state index is 0.00653.